The average Bonchev–Trinajstić information content (AvgIpc) is 2.53. The summed E-state index contributed by atoms with van der Waals surface area (Å²) in [6.45, 7) is 0. The molecule has 1 atom stereocenters. The molecule has 0 saturated heterocycles. The Hall–Kier alpha value is -1.94. The van der Waals surface area contributed by atoms with Crippen molar-refractivity contribution in [1.82, 2.24) is 15.3 Å². The van der Waals surface area contributed by atoms with Crippen LogP contribution < -0.4 is 10.2 Å². The van der Waals surface area contributed by atoms with Gasteiger partial charge in [0, 0.05) is 48.8 Å². The van der Waals surface area contributed by atoms with Crippen molar-refractivity contribution in [1.29, 1.82) is 0 Å². The monoisotopic (exact) mass is 282 g/mol. The first kappa shape index (κ1) is 14.0. The third kappa shape index (κ3) is 2.76. The van der Waals surface area contributed by atoms with Gasteiger partial charge >= 0.3 is 0 Å². The van der Waals surface area contributed by atoms with Gasteiger partial charge in [0.25, 0.3) is 0 Å². The van der Waals surface area contributed by atoms with Crippen LogP contribution in [0.5, 0.6) is 0 Å². The maximum Gasteiger partial charge on any atom is 0.159 e. The molecular weight excluding hydrogens is 260 g/mol. The maximum absolute atomic E-state index is 4.79. The Balaban J connectivity index is 1.93. The highest BCUT2D eigenvalue weighted by Crippen LogP contribution is 2.29. The highest BCUT2D eigenvalue weighted by atomic mass is 15.1. The number of hydrogen-bond acceptors (Lipinski definition) is 4. The summed E-state index contributed by atoms with van der Waals surface area (Å²) in [5.41, 5.74) is 4.72. The van der Waals surface area contributed by atoms with Crippen LogP contribution in [-0.2, 0) is 6.42 Å². The van der Waals surface area contributed by atoms with Crippen LogP contribution in [-0.4, -0.2) is 31.1 Å². The van der Waals surface area contributed by atoms with Crippen molar-refractivity contribution in [2.45, 2.75) is 25.3 Å². The summed E-state index contributed by atoms with van der Waals surface area (Å²) in [6.07, 6.45) is 5.41. The van der Waals surface area contributed by atoms with Gasteiger partial charge in [0.05, 0.1) is 0 Å². The molecule has 0 amide bonds. The highest BCUT2D eigenvalue weighted by molar-refractivity contribution is 5.60. The van der Waals surface area contributed by atoms with Gasteiger partial charge in [-0.3, -0.25) is 0 Å². The zero-order valence-electron chi connectivity index (χ0n) is 12.9. The third-order valence-electron chi connectivity index (χ3n) is 4.17. The van der Waals surface area contributed by atoms with Crippen molar-refractivity contribution < 1.29 is 0 Å². The number of hydrogen-bond donors (Lipinski definition) is 1. The van der Waals surface area contributed by atoms with Crippen molar-refractivity contribution in [2.75, 3.05) is 26.0 Å². The van der Waals surface area contributed by atoms with E-state index in [2.05, 4.69) is 39.5 Å². The quantitative estimate of drug-likeness (QED) is 0.940. The van der Waals surface area contributed by atoms with Gasteiger partial charge in [-0.15, -0.1) is 0 Å². The van der Waals surface area contributed by atoms with Gasteiger partial charge in [-0.2, -0.15) is 0 Å². The molecule has 1 aromatic heterocycles. The van der Waals surface area contributed by atoms with E-state index >= 15 is 0 Å². The summed E-state index contributed by atoms with van der Waals surface area (Å²) in [5.74, 6) is 0.829. The second-order valence-corrected chi connectivity index (χ2v) is 5.77. The van der Waals surface area contributed by atoms with E-state index in [1.807, 2.05) is 27.3 Å². The van der Waals surface area contributed by atoms with Gasteiger partial charge in [-0.1, -0.05) is 0 Å². The van der Waals surface area contributed by atoms with Crippen LogP contribution in [0.3, 0.4) is 0 Å². The lowest BCUT2D eigenvalue weighted by Crippen LogP contribution is -2.22. The molecule has 2 aromatic rings. The van der Waals surface area contributed by atoms with E-state index in [9.17, 15) is 0 Å². The van der Waals surface area contributed by atoms with Crippen LogP contribution in [0.15, 0.2) is 30.5 Å². The van der Waals surface area contributed by atoms with E-state index < -0.39 is 0 Å². The number of fused-ring (bicyclic) bond motifs is 1. The fourth-order valence-corrected chi connectivity index (χ4v) is 2.89. The first-order valence-electron chi connectivity index (χ1n) is 7.50. The van der Waals surface area contributed by atoms with E-state index in [4.69, 9.17) is 4.98 Å². The molecule has 1 aliphatic rings. The number of benzene rings is 1. The summed E-state index contributed by atoms with van der Waals surface area (Å²) in [7, 11) is 6.10. The Kier molecular flexibility index (Phi) is 3.88. The molecular formula is C17H22N4. The number of aryl methyl sites for hydroxylation is 1. The van der Waals surface area contributed by atoms with E-state index in [1.165, 1.54) is 29.8 Å². The first-order chi connectivity index (χ1) is 10.2. The predicted molar refractivity (Wildman–Crippen MR) is 86.5 cm³/mol. The van der Waals surface area contributed by atoms with Gasteiger partial charge in [0.2, 0.25) is 0 Å². The van der Waals surface area contributed by atoms with Crippen molar-refractivity contribution in [3.63, 3.8) is 0 Å². The number of nitrogens with zero attached hydrogens (tertiary/aromatic N) is 3. The summed E-state index contributed by atoms with van der Waals surface area (Å²) in [6, 6.07) is 8.80. The molecule has 4 heteroatoms. The van der Waals surface area contributed by atoms with Crippen LogP contribution in [0, 0.1) is 0 Å². The Morgan fingerprint density at radius 3 is 2.62 bits per heavy atom. The molecule has 0 bridgehead atoms. The van der Waals surface area contributed by atoms with Crippen LogP contribution in [0.4, 0.5) is 5.69 Å². The van der Waals surface area contributed by atoms with Crippen LogP contribution in [0.1, 0.15) is 30.1 Å². The molecule has 0 aliphatic heterocycles. The molecule has 0 saturated carbocycles. The Labute approximate surface area is 126 Å². The smallest absolute Gasteiger partial charge is 0.159 e. The normalized spacial score (nSPS) is 17.4. The minimum absolute atomic E-state index is 0.402. The first-order valence-corrected chi connectivity index (χ1v) is 7.50. The molecule has 1 N–H and O–H groups in total. The SMILES string of the molecule is CNC1CCCc2nc(-c3ccc(N(C)C)cc3)ncc21. The molecule has 1 aliphatic carbocycles. The molecule has 4 nitrogen and oxygen atoms in total. The zero-order valence-corrected chi connectivity index (χ0v) is 12.9. The average molecular weight is 282 g/mol. The third-order valence-corrected chi connectivity index (χ3v) is 4.17. The minimum atomic E-state index is 0.402. The molecule has 21 heavy (non-hydrogen) atoms. The Bertz CT molecular complexity index is 619. The van der Waals surface area contributed by atoms with Gasteiger partial charge in [-0.05, 0) is 50.6 Å². The predicted octanol–water partition coefficient (Wildman–Crippen LogP) is 2.81. The van der Waals surface area contributed by atoms with E-state index in [0.717, 1.165) is 17.8 Å². The number of nitrogens with one attached hydrogen (secondary N) is 1. The van der Waals surface area contributed by atoms with E-state index in [1.54, 1.807) is 0 Å². The number of anilines is 1. The summed E-state index contributed by atoms with van der Waals surface area (Å²) in [4.78, 5) is 11.5. The minimum Gasteiger partial charge on any atom is -0.378 e. The second kappa shape index (κ2) is 5.82. The Morgan fingerprint density at radius 1 is 1.19 bits per heavy atom. The van der Waals surface area contributed by atoms with Gasteiger partial charge < -0.3 is 10.2 Å². The molecule has 0 fully saturated rings. The molecule has 3 rings (SSSR count). The summed E-state index contributed by atoms with van der Waals surface area (Å²) in [5, 5.41) is 3.35. The fraction of sp³-hybridized carbons (Fsp3) is 0.412. The Morgan fingerprint density at radius 2 is 1.95 bits per heavy atom. The maximum atomic E-state index is 4.79. The van der Waals surface area contributed by atoms with E-state index in [0.29, 0.717) is 6.04 Å². The molecule has 0 radical (unpaired) electrons. The lowest BCUT2D eigenvalue weighted by Gasteiger charge is -2.24. The van der Waals surface area contributed by atoms with Crippen LogP contribution in [0.2, 0.25) is 0 Å². The van der Waals surface area contributed by atoms with Crippen molar-refractivity contribution in [2.24, 2.45) is 0 Å². The van der Waals surface area contributed by atoms with Crippen molar-refractivity contribution in [3.8, 4) is 11.4 Å². The number of aromatic nitrogens is 2. The van der Waals surface area contributed by atoms with Gasteiger partial charge in [0.15, 0.2) is 5.82 Å². The molecule has 1 unspecified atom stereocenters. The van der Waals surface area contributed by atoms with Crippen molar-refractivity contribution in [3.05, 3.63) is 41.7 Å². The largest absolute Gasteiger partial charge is 0.378 e. The molecule has 1 heterocycles. The molecule has 0 spiro atoms. The zero-order chi connectivity index (χ0) is 14.8. The second-order valence-electron chi connectivity index (χ2n) is 5.77. The van der Waals surface area contributed by atoms with Crippen LogP contribution >= 0.6 is 0 Å². The lowest BCUT2D eigenvalue weighted by molar-refractivity contribution is 0.488. The van der Waals surface area contributed by atoms with Gasteiger partial charge in [0.1, 0.15) is 0 Å². The van der Waals surface area contributed by atoms with Crippen LogP contribution in [0.25, 0.3) is 11.4 Å². The lowest BCUT2D eigenvalue weighted by atomic mass is 9.92. The molecule has 1 aromatic carbocycles. The highest BCUT2D eigenvalue weighted by Gasteiger charge is 2.20. The van der Waals surface area contributed by atoms with Gasteiger partial charge in [-0.25, -0.2) is 9.97 Å². The topological polar surface area (TPSA) is 41.1 Å². The van der Waals surface area contributed by atoms with Crippen molar-refractivity contribution >= 4 is 5.69 Å². The van der Waals surface area contributed by atoms with E-state index in [-0.39, 0.29) is 0 Å². The standard InChI is InChI=1S/C17H22N4/c1-18-15-5-4-6-16-14(15)11-19-17(20-16)12-7-9-13(10-8-12)21(2)3/h7-11,15,18H,4-6H2,1-3H3. The summed E-state index contributed by atoms with van der Waals surface area (Å²) < 4.78 is 0. The molecule has 110 valence electrons. The summed E-state index contributed by atoms with van der Waals surface area (Å²) >= 11 is 0. The fourth-order valence-electron chi connectivity index (χ4n) is 2.89. The number of rotatable bonds is 3.